The van der Waals surface area contributed by atoms with E-state index in [1.807, 2.05) is 0 Å². The molecule has 1 atom stereocenters. The second-order valence-electron chi connectivity index (χ2n) is 5.59. The van der Waals surface area contributed by atoms with Gasteiger partial charge in [0.15, 0.2) is 0 Å². The number of amides is 1. The summed E-state index contributed by atoms with van der Waals surface area (Å²) < 4.78 is 5.66. The van der Waals surface area contributed by atoms with Crippen molar-refractivity contribution < 1.29 is 19.4 Å². The molecule has 5 heteroatoms. The normalized spacial score (nSPS) is 25.3. The Morgan fingerprint density at radius 3 is 2.53 bits per heavy atom. The number of carbonyl (C=O) groups is 2. The Balaban J connectivity index is 1.74. The van der Waals surface area contributed by atoms with E-state index >= 15 is 0 Å². The lowest BCUT2D eigenvalue weighted by molar-refractivity contribution is -0.148. The van der Waals surface area contributed by atoms with Crippen molar-refractivity contribution in [1.29, 1.82) is 0 Å². The van der Waals surface area contributed by atoms with E-state index in [1.165, 1.54) is 19.3 Å². The van der Waals surface area contributed by atoms with E-state index in [4.69, 9.17) is 9.84 Å². The zero-order chi connectivity index (χ0) is 13.7. The standard InChI is InChI=1S/C14H23NO4/c16-13(10-19-12-6-2-1-3-7-12)15-8-4-5-11(9-15)14(17)18/h11-12H,1-10H2,(H,17,18). The summed E-state index contributed by atoms with van der Waals surface area (Å²) in [5.41, 5.74) is 0. The number of ether oxygens (including phenoxy) is 1. The quantitative estimate of drug-likeness (QED) is 0.843. The van der Waals surface area contributed by atoms with Crippen molar-refractivity contribution in [3.05, 3.63) is 0 Å². The van der Waals surface area contributed by atoms with Gasteiger partial charge in [0, 0.05) is 13.1 Å². The zero-order valence-electron chi connectivity index (χ0n) is 11.3. The Morgan fingerprint density at radius 2 is 1.84 bits per heavy atom. The molecule has 1 saturated heterocycles. The second-order valence-corrected chi connectivity index (χ2v) is 5.59. The van der Waals surface area contributed by atoms with Crippen molar-refractivity contribution in [2.24, 2.45) is 5.92 Å². The fraction of sp³-hybridized carbons (Fsp3) is 0.857. The molecular weight excluding hydrogens is 246 g/mol. The molecule has 19 heavy (non-hydrogen) atoms. The van der Waals surface area contributed by atoms with Crippen molar-refractivity contribution >= 4 is 11.9 Å². The van der Waals surface area contributed by atoms with Gasteiger partial charge in [0.2, 0.25) is 5.91 Å². The van der Waals surface area contributed by atoms with Crippen LogP contribution in [0.25, 0.3) is 0 Å². The smallest absolute Gasteiger partial charge is 0.308 e. The van der Waals surface area contributed by atoms with Crippen LogP contribution in [0.15, 0.2) is 0 Å². The van der Waals surface area contributed by atoms with Gasteiger partial charge in [-0.3, -0.25) is 9.59 Å². The van der Waals surface area contributed by atoms with E-state index in [1.54, 1.807) is 4.90 Å². The minimum absolute atomic E-state index is 0.0588. The van der Waals surface area contributed by atoms with E-state index in [0.717, 1.165) is 19.3 Å². The Morgan fingerprint density at radius 1 is 1.11 bits per heavy atom. The summed E-state index contributed by atoms with van der Waals surface area (Å²) in [6.07, 6.45) is 7.39. The number of likely N-dealkylation sites (tertiary alicyclic amines) is 1. The van der Waals surface area contributed by atoms with Crippen LogP contribution in [-0.4, -0.2) is 47.7 Å². The molecule has 1 amide bonds. The Bertz CT molecular complexity index is 325. The van der Waals surface area contributed by atoms with E-state index in [-0.39, 0.29) is 18.6 Å². The highest BCUT2D eigenvalue weighted by Crippen LogP contribution is 2.21. The van der Waals surface area contributed by atoms with Gasteiger partial charge in [0.05, 0.1) is 12.0 Å². The highest BCUT2D eigenvalue weighted by atomic mass is 16.5. The number of hydrogen-bond donors (Lipinski definition) is 1. The van der Waals surface area contributed by atoms with Crippen LogP contribution in [-0.2, 0) is 14.3 Å². The van der Waals surface area contributed by atoms with Crippen LogP contribution >= 0.6 is 0 Å². The molecule has 1 aliphatic heterocycles. The minimum atomic E-state index is -0.800. The summed E-state index contributed by atoms with van der Waals surface area (Å²) in [6, 6.07) is 0. The van der Waals surface area contributed by atoms with Gasteiger partial charge in [0.1, 0.15) is 6.61 Å². The molecule has 2 rings (SSSR count). The van der Waals surface area contributed by atoms with Crippen LogP contribution in [0.1, 0.15) is 44.9 Å². The van der Waals surface area contributed by atoms with Crippen molar-refractivity contribution in [2.45, 2.75) is 51.0 Å². The topological polar surface area (TPSA) is 66.8 Å². The zero-order valence-corrected chi connectivity index (χ0v) is 11.3. The predicted octanol–water partition coefficient (Wildman–Crippen LogP) is 1.66. The van der Waals surface area contributed by atoms with E-state index in [2.05, 4.69) is 0 Å². The molecule has 0 spiro atoms. The van der Waals surface area contributed by atoms with Gasteiger partial charge in [0.25, 0.3) is 0 Å². The van der Waals surface area contributed by atoms with Crippen LogP contribution in [0.4, 0.5) is 0 Å². The first-order valence-corrected chi connectivity index (χ1v) is 7.29. The molecule has 0 aromatic carbocycles. The molecule has 108 valence electrons. The molecule has 5 nitrogen and oxygen atoms in total. The van der Waals surface area contributed by atoms with Crippen molar-refractivity contribution in [3.63, 3.8) is 0 Å². The van der Waals surface area contributed by atoms with Crippen LogP contribution in [0.3, 0.4) is 0 Å². The summed E-state index contributed by atoms with van der Waals surface area (Å²) in [4.78, 5) is 24.6. The SMILES string of the molecule is O=C(O)C1CCCN(C(=O)COC2CCCCC2)C1. The highest BCUT2D eigenvalue weighted by Gasteiger charge is 2.28. The molecule has 1 aliphatic carbocycles. The molecule has 1 saturated carbocycles. The van der Waals surface area contributed by atoms with Crippen LogP contribution < -0.4 is 0 Å². The van der Waals surface area contributed by atoms with Crippen molar-refractivity contribution in [1.82, 2.24) is 4.90 Å². The molecule has 1 heterocycles. The maximum atomic E-state index is 12.0. The molecule has 0 aromatic rings. The fourth-order valence-corrected chi connectivity index (χ4v) is 2.92. The summed E-state index contributed by atoms with van der Waals surface area (Å²) in [5, 5.41) is 9.00. The Kier molecular flexibility index (Phi) is 5.19. The average molecular weight is 269 g/mol. The lowest BCUT2D eigenvalue weighted by atomic mass is 9.97. The highest BCUT2D eigenvalue weighted by molar-refractivity contribution is 5.79. The molecule has 2 fully saturated rings. The Hall–Kier alpha value is -1.10. The lowest BCUT2D eigenvalue weighted by Gasteiger charge is -2.31. The second kappa shape index (κ2) is 6.89. The van der Waals surface area contributed by atoms with Crippen molar-refractivity contribution in [2.75, 3.05) is 19.7 Å². The molecular formula is C14H23NO4. The van der Waals surface area contributed by atoms with Gasteiger partial charge >= 0.3 is 5.97 Å². The van der Waals surface area contributed by atoms with E-state index in [9.17, 15) is 9.59 Å². The number of aliphatic carboxylic acids is 1. The number of hydrogen-bond acceptors (Lipinski definition) is 3. The molecule has 0 aromatic heterocycles. The molecule has 1 unspecified atom stereocenters. The number of piperidine rings is 1. The van der Waals surface area contributed by atoms with Crippen LogP contribution in [0.2, 0.25) is 0 Å². The van der Waals surface area contributed by atoms with Crippen LogP contribution in [0.5, 0.6) is 0 Å². The van der Waals surface area contributed by atoms with Crippen molar-refractivity contribution in [3.8, 4) is 0 Å². The Labute approximate surface area is 113 Å². The van der Waals surface area contributed by atoms with Gasteiger partial charge in [-0.2, -0.15) is 0 Å². The van der Waals surface area contributed by atoms with E-state index in [0.29, 0.717) is 19.5 Å². The fourth-order valence-electron chi connectivity index (χ4n) is 2.92. The average Bonchev–Trinajstić information content (AvgIpc) is 2.46. The largest absolute Gasteiger partial charge is 0.481 e. The van der Waals surface area contributed by atoms with Gasteiger partial charge < -0.3 is 14.7 Å². The number of carboxylic acid groups (broad SMARTS) is 1. The maximum absolute atomic E-state index is 12.0. The molecule has 1 N–H and O–H groups in total. The van der Waals surface area contributed by atoms with Gasteiger partial charge in [-0.05, 0) is 25.7 Å². The summed E-state index contributed by atoms with van der Waals surface area (Å²) in [6.45, 7) is 1.11. The predicted molar refractivity (Wildman–Crippen MR) is 69.8 cm³/mol. The first-order valence-electron chi connectivity index (χ1n) is 7.29. The summed E-state index contributed by atoms with van der Waals surface area (Å²) >= 11 is 0. The summed E-state index contributed by atoms with van der Waals surface area (Å²) in [7, 11) is 0. The van der Waals surface area contributed by atoms with Crippen LogP contribution in [0, 0.1) is 5.92 Å². The third kappa shape index (κ3) is 4.20. The first-order chi connectivity index (χ1) is 9.16. The first kappa shape index (κ1) is 14.3. The van der Waals surface area contributed by atoms with Gasteiger partial charge in [-0.1, -0.05) is 19.3 Å². The van der Waals surface area contributed by atoms with Gasteiger partial charge in [-0.15, -0.1) is 0 Å². The number of rotatable bonds is 4. The number of carboxylic acids is 1. The molecule has 0 radical (unpaired) electrons. The third-order valence-corrected chi connectivity index (χ3v) is 4.12. The maximum Gasteiger partial charge on any atom is 0.308 e. The molecule has 2 aliphatic rings. The van der Waals surface area contributed by atoms with Gasteiger partial charge in [-0.25, -0.2) is 0 Å². The minimum Gasteiger partial charge on any atom is -0.481 e. The lowest BCUT2D eigenvalue weighted by Crippen LogP contribution is -2.44. The third-order valence-electron chi connectivity index (χ3n) is 4.12. The molecule has 0 bridgehead atoms. The monoisotopic (exact) mass is 269 g/mol. The number of nitrogens with zero attached hydrogens (tertiary/aromatic N) is 1. The van der Waals surface area contributed by atoms with E-state index < -0.39 is 11.9 Å². The summed E-state index contributed by atoms with van der Waals surface area (Å²) in [5.74, 6) is -1.27. The number of carbonyl (C=O) groups excluding carboxylic acids is 1.